The average molecular weight is 196 g/mol. The molecule has 0 radical (unpaired) electrons. The summed E-state index contributed by atoms with van der Waals surface area (Å²) in [4.78, 5) is 22.5. The Kier molecular flexibility index (Phi) is 2.46. The van der Waals surface area contributed by atoms with Crippen molar-refractivity contribution in [1.29, 1.82) is 0 Å². The Labute approximate surface area is 80.5 Å². The monoisotopic (exact) mass is 196 g/mol. The highest BCUT2D eigenvalue weighted by atomic mass is 16.2. The van der Waals surface area contributed by atoms with Gasteiger partial charge in [-0.1, -0.05) is 0 Å². The van der Waals surface area contributed by atoms with E-state index in [4.69, 9.17) is 11.5 Å². The van der Waals surface area contributed by atoms with E-state index in [2.05, 4.69) is 5.32 Å². The van der Waals surface area contributed by atoms with Crippen LogP contribution in [0.2, 0.25) is 0 Å². The zero-order valence-corrected chi connectivity index (χ0v) is 8.00. The van der Waals surface area contributed by atoms with Crippen molar-refractivity contribution in [3.05, 3.63) is 22.0 Å². The molecule has 6 nitrogen and oxygen atoms in total. The maximum Gasteiger partial charge on any atom is 0.266 e. The average Bonchev–Trinajstić information content (AvgIpc) is 2.12. The molecule has 0 saturated carbocycles. The van der Waals surface area contributed by atoms with E-state index in [-0.39, 0.29) is 11.4 Å². The van der Waals surface area contributed by atoms with E-state index >= 15 is 0 Å². The lowest BCUT2D eigenvalue weighted by Gasteiger charge is -2.09. The predicted molar refractivity (Wildman–Crippen MR) is 54.2 cm³/mol. The van der Waals surface area contributed by atoms with Crippen LogP contribution in [-0.2, 0) is 7.05 Å². The smallest absolute Gasteiger partial charge is 0.266 e. The minimum absolute atomic E-state index is 0.0794. The molecule has 0 atom stereocenters. The quantitative estimate of drug-likeness (QED) is 0.570. The van der Waals surface area contributed by atoms with Crippen LogP contribution in [0, 0.1) is 0 Å². The van der Waals surface area contributed by atoms with Gasteiger partial charge >= 0.3 is 0 Å². The fourth-order valence-electron chi connectivity index (χ4n) is 1.15. The van der Waals surface area contributed by atoms with E-state index in [0.29, 0.717) is 5.69 Å². The Balaban J connectivity index is 3.62. The van der Waals surface area contributed by atoms with E-state index in [1.165, 1.54) is 17.7 Å². The number of hydrogen-bond donors (Lipinski definition) is 3. The van der Waals surface area contributed by atoms with Crippen LogP contribution in [0.1, 0.15) is 10.4 Å². The highest BCUT2D eigenvalue weighted by molar-refractivity contribution is 5.98. The van der Waals surface area contributed by atoms with Crippen LogP contribution in [0.5, 0.6) is 0 Å². The van der Waals surface area contributed by atoms with Crippen molar-refractivity contribution in [3.8, 4) is 0 Å². The van der Waals surface area contributed by atoms with Crippen LogP contribution in [-0.4, -0.2) is 17.5 Å². The normalized spacial score (nSPS) is 9.86. The van der Waals surface area contributed by atoms with Crippen molar-refractivity contribution in [2.24, 2.45) is 12.8 Å². The Morgan fingerprint density at radius 2 is 2.14 bits per heavy atom. The number of rotatable bonds is 2. The van der Waals surface area contributed by atoms with Crippen LogP contribution in [0.4, 0.5) is 11.5 Å². The number of primary amides is 1. The molecule has 0 aromatic carbocycles. The van der Waals surface area contributed by atoms with Gasteiger partial charge in [-0.05, 0) is 0 Å². The van der Waals surface area contributed by atoms with Gasteiger partial charge in [0.05, 0.1) is 5.69 Å². The number of carbonyl (C=O) groups excluding carboxylic acids is 1. The molecule has 1 aromatic heterocycles. The largest absolute Gasteiger partial charge is 0.387 e. The first-order valence-corrected chi connectivity index (χ1v) is 3.96. The summed E-state index contributed by atoms with van der Waals surface area (Å²) in [6.07, 6.45) is 0. The number of pyridine rings is 1. The summed E-state index contributed by atoms with van der Waals surface area (Å²) in [5, 5.41) is 2.69. The molecule has 1 amide bonds. The van der Waals surface area contributed by atoms with Gasteiger partial charge in [0.25, 0.3) is 11.5 Å². The van der Waals surface area contributed by atoms with E-state index in [9.17, 15) is 9.59 Å². The summed E-state index contributed by atoms with van der Waals surface area (Å²) >= 11 is 0. The summed E-state index contributed by atoms with van der Waals surface area (Å²) in [5.74, 6) is -0.501. The molecule has 1 heterocycles. The zero-order valence-electron chi connectivity index (χ0n) is 8.00. The standard InChI is InChI=1S/C8H12N4O2/c1-11-4-3-5(9)12(2)8(14)6(4)7(10)13/h3,11H,9H2,1-2H3,(H2,10,13). The molecule has 0 bridgehead atoms. The number of anilines is 2. The third-order valence-electron chi connectivity index (χ3n) is 1.98. The van der Waals surface area contributed by atoms with Crippen molar-refractivity contribution in [3.63, 3.8) is 0 Å². The van der Waals surface area contributed by atoms with E-state index in [1.807, 2.05) is 0 Å². The summed E-state index contributed by atoms with van der Waals surface area (Å²) in [5.41, 5.74) is 10.4. The number of amides is 1. The van der Waals surface area contributed by atoms with Gasteiger partial charge in [-0.25, -0.2) is 0 Å². The third-order valence-corrected chi connectivity index (χ3v) is 1.98. The van der Waals surface area contributed by atoms with Crippen LogP contribution in [0.25, 0.3) is 0 Å². The summed E-state index contributed by atoms with van der Waals surface area (Å²) in [7, 11) is 3.06. The molecule has 0 aliphatic carbocycles. The van der Waals surface area contributed by atoms with E-state index in [0.717, 1.165) is 0 Å². The van der Waals surface area contributed by atoms with Gasteiger partial charge in [-0.2, -0.15) is 0 Å². The number of nitrogen functional groups attached to an aromatic ring is 1. The van der Waals surface area contributed by atoms with Crippen molar-refractivity contribution >= 4 is 17.4 Å². The third kappa shape index (κ3) is 1.41. The van der Waals surface area contributed by atoms with Crippen LogP contribution in [0.3, 0.4) is 0 Å². The zero-order chi connectivity index (χ0) is 10.9. The van der Waals surface area contributed by atoms with Crippen LogP contribution >= 0.6 is 0 Å². The second-order valence-electron chi connectivity index (χ2n) is 2.84. The lowest BCUT2D eigenvalue weighted by molar-refractivity contribution is 0.0999. The summed E-state index contributed by atoms with van der Waals surface area (Å²) in [6, 6.07) is 1.49. The SMILES string of the molecule is CNc1cc(N)n(C)c(=O)c1C(N)=O. The highest BCUT2D eigenvalue weighted by Gasteiger charge is 2.15. The first-order valence-electron chi connectivity index (χ1n) is 3.96. The molecule has 14 heavy (non-hydrogen) atoms. The number of nitrogens with zero attached hydrogens (tertiary/aromatic N) is 1. The number of carbonyl (C=O) groups is 1. The molecule has 0 unspecified atom stereocenters. The topological polar surface area (TPSA) is 103 Å². The minimum Gasteiger partial charge on any atom is -0.387 e. The molecule has 0 spiro atoms. The molecule has 76 valence electrons. The number of aromatic nitrogens is 1. The lowest BCUT2D eigenvalue weighted by Crippen LogP contribution is -2.30. The fraction of sp³-hybridized carbons (Fsp3) is 0.250. The van der Waals surface area contributed by atoms with Gasteiger partial charge in [-0.15, -0.1) is 0 Å². The second-order valence-corrected chi connectivity index (χ2v) is 2.84. The Hall–Kier alpha value is -1.98. The number of nitrogens with one attached hydrogen (secondary N) is 1. The molecular weight excluding hydrogens is 184 g/mol. The molecule has 1 aromatic rings. The van der Waals surface area contributed by atoms with E-state index in [1.54, 1.807) is 7.05 Å². The Morgan fingerprint density at radius 1 is 1.57 bits per heavy atom. The van der Waals surface area contributed by atoms with Gasteiger partial charge in [0, 0.05) is 20.2 Å². The van der Waals surface area contributed by atoms with Crippen LogP contribution in [0.15, 0.2) is 10.9 Å². The number of nitrogens with two attached hydrogens (primary N) is 2. The second kappa shape index (κ2) is 3.41. The first kappa shape index (κ1) is 10.1. The van der Waals surface area contributed by atoms with Gasteiger partial charge in [0.15, 0.2) is 0 Å². The van der Waals surface area contributed by atoms with Crippen molar-refractivity contribution in [2.75, 3.05) is 18.1 Å². The molecular formula is C8H12N4O2. The highest BCUT2D eigenvalue weighted by Crippen LogP contribution is 2.13. The predicted octanol–water partition coefficient (Wildman–Crippen LogP) is -0.892. The first-order chi connectivity index (χ1) is 6.49. The number of hydrogen-bond acceptors (Lipinski definition) is 4. The van der Waals surface area contributed by atoms with Gasteiger partial charge in [-0.3, -0.25) is 14.2 Å². The van der Waals surface area contributed by atoms with Crippen LogP contribution < -0.4 is 22.3 Å². The molecule has 0 aliphatic heterocycles. The summed E-state index contributed by atoms with van der Waals surface area (Å²) in [6.45, 7) is 0. The fourth-order valence-corrected chi connectivity index (χ4v) is 1.15. The molecule has 6 heteroatoms. The summed E-state index contributed by atoms with van der Waals surface area (Å²) < 4.78 is 1.17. The van der Waals surface area contributed by atoms with Gasteiger partial charge in [0.1, 0.15) is 11.4 Å². The molecule has 1 rings (SSSR count). The van der Waals surface area contributed by atoms with Gasteiger partial charge < -0.3 is 16.8 Å². The van der Waals surface area contributed by atoms with Crippen molar-refractivity contribution < 1.29 is 4.79 Å². The maximum absolute atomic E-state index is 11.6. The minimum atomic E-state index is -0.769. The van der Waals surface area contributed by atoms with Crippen molar-refractivity contribution in [1.82, 2.24) is 4.57 Å². The Morgan fingerprint density at radius 3 is 2.57 bits per heavy atom. The van der Waals surface area contributed by atoms with Gasteiger partial charge in [0.2, 0.25) is 0 Å². The Bertz CT molecular complexity index is 436. The lowest BCUT2D eigenvalue weighted by atomic mass is 10.2. The molecule has 5 N–H and O–H groups in total. The van der Waals surface area contributed by atoms with E-state index < -0.39 is 11.5 Å². The molecule has 0 fully saturated rings. The maximum atomic E-state index is 11.6. The molecule has 0 aliphatic rings. The van der Waals surface area contributed by atoms with Crippen molar-refractivity contribution in [2.45, 2.75) is 0 Å². The molecule has 0 saturated heterocycles.